The van der Waals surface area contributed by atoms with E-state index in [1.54, 1.807) is 0 Å². The van der Waals surface area contributed by atoms with E-state index < -0.39 is 0 Å². The SMILES string of the molecule is c1ccc(-c2ccccc2-c2ccc(N(c3ccc4c(c3)oc3ccccc34)c3ccc4sc5ccccc5c4c3)c(-c3ccccc3)c2)cc1. The fraction of sp³-hybridized carbons (Fsp3) is 0. The molecule has 2 aromatic heterocycles. The van der Waals surface area contributed by atoms with Gasteiger partial charge in [0.2, 0.25) is 0 Å². The van der Waals surface area contributed by atoms with Gasteiger partial charge in [0.25, 0.3) is 0 Å². The number of benzene rings is 8. The molecule has 2 nitrogen and oxygen atoms in total. The zero-order valence-electron chi connectivity index (χ0n) is 27.7. The molecule has 2 heterocycles. The first-order chi connectivity index (χ1) is 25.3. The minimum atomic E-state index is 0.871. The van der Waals surface area contributed by atoms with Crippen LogP contribution in [-0.4, -0.2) is 0 Å². The molecule has 0 bridgehead atoms. The van der Waals surface area contributed by atoms with E-state index in [4.69, 9.17) is 4.42 Å². The van der Waals surface area contributed by atoms with Gasteiger partial charge in [-0.3, -0.25) is 0 Å². The summed E-state index contributed by atoms with van der Waals surface area (Å²) in [6, 6.07) is 67.5. The normalized spacial score (nSPS) is 11.5. The molecular weight excluding hydrogens is 639 g/mol. The molecule has 10 rings (SSSR count). The van der Waals surface area contributed by atoms with Crippen molar-refractivity contribution >= 4 is 70.5 Å². The van der Waals surface area contributed by atoms with Gasteiger partial charge in [0, 0.05) is 53.9 Å². The first kappa shape index (κ1) is 29.5. The molecule has 51 heavy (non-hydrogen) atoms. The highest BCUT2D eigenvalue weighted by Crippen LogP contribution is 2.46. The first-order valence-electron chi connectivity index (χ1n) is 17.3. The molecule has 0 N–H and O–H groups in total. The number of hydrogen-bond donors (Lipinski definition) is 0. The standard InChI is InChI=1S/C48H31NOS/c1-3-13-32(14-4-1)37-17-7-8-18-38(37)34-23-27-44(42(29-34)33-15-5-2-6-16-33)49(35-25-28-48-43(30-35)41-20-10-12-22-47(41)51-48)36-24-26-40-39-19-9-11-21-45(39)50-46(40)31-36/h1-31H. The fourth-order valence-corrected chi connectivity index (χ4v) is 8.57. The Kier molecular flexibility index (Phi) is 7.04. The number of anilines is 3. The topological polar surface area (TPSA) is 16.4 Å². The Bertz CT molecular complexity index is 2870. The van der Waals surface area contributed by atoms with Crippen molar-refractivity contribution in [2.45, 2.75) is 0 Å². The fourth-order valence-electron chi connectivity index (χ4n) is 7.49. The molecule has 0 aliphatic heterocycles. The second kappa shape index (κ2) is 12.2. The van der Waals surface area contributed by atoms with Crippen LogP contribution in [0.25, 0.3) is 75.5 Å². The number of rotatable bonds is 6. The summed E-state index contributed by atoms with van der Waals surface area (Å²) >= 11 is 1.84. The number of thiophene rings is 1. The third-order valence-electron chi connectivity index (χ3n) is 9.88. The molecule has 0 aliphatic carbocycles. The van der Waals surface area contributed by atoms with Crippen LogP contribution >= 0.6 is 11.3 Å². The third kappa shape index (κ3) is 5.10. The van der Waals surface area contributed by atoms with E-state index in [9.17, 15) is 0 Å². The largest absolute Gasteiger partial charge is 0.456 e. The summed E-state index contributed by atoms with van der Waals surface area (Å²) in [7, 11) is 0. The molecule has 0 fully saturated rings. The predicted molar refractivity (Wildman–Crippen MR) is 218 cm³/mol. The van der Waals surface area contributed by atoms with Crippen LogP contribution in [0.5, 0.6) is 0 Å². The number of fused-ring (bicyclic) bond motifs is 6. The molecule has 240 valence electrons. The summed E-state index contributed by atoms with van der Waals surface area (Å²) in [6.07, 6.45) is 0. The number of hydrogen-bond acceptors (Lipinski definition) is 3. The lowest BCUT2D eigenvalue weighted by molar-refractivity contribution is 0.669. The average molecular weight is 670 g/mol. The molecule has 0 saturated heterocycles. The average Bonchev–Trinajstić information content (AvgIpc) is 3.77. The molecule has 0 unspecified atom stereocenters. The van der Waals surface area contributed by atoms with Crippen LogP contribution in [0, 0.1) is 0 Å². The maximum absolute atomic E-state index is 6.45. The van der Waals surface area contributed by atoms with E-state index in [-0.39, 0.29) is 0 Å². The second-order valence-corrected chi connectivity index (χ2v) is 14.0. The van der Waals surface area contributed by atoms with Gasteiger partial charge in [0.1, 0.15) is 11.2 Å². The van der Waals surface area contributed by atoms with Crippen LogP contribution in [0.1, 0.15) is 0 Å². The Hall–Kier alpha value is -6.42. The lowest BCUT2D eigenvalue weighted by Crippen LogP contribution is -2.11. The van der Waals surface area contributed by atoms with Crippen LogP contribution in [0.2, 0.25) is 0 Å². The van der Waals surface area contributed by atoms with Gasteiger partial charge in [-0.25, -0.2) is 0 Å². The van der Waals surface area contributed by atoms with Crippen molar-refractivity contribution < 1.29 is 4.42 Å². The molecule has 0 aliphatic rings. The third-order valence-corrected chi connectivity index (χ3v) is 11.0. The summed E-state index contributed by atoms with van der Waals surface area (Å²) in [6.45, 7) is 0. The van der Waals surface area contributed by atoms with E-state index in [0.717, 1.165) is 50.1 Å². The molecule has 0 saturated carbocycles. The Morgan fingerprint density at radius 3 is 1.75 bits per heavy atom. The van der Waals surface area contributed by atoms with Gasteiger partial charge in [-0.1, -0.05) is 127 Å². The summed E-state index contributed by atoms with van der Waals surface area (Å²) in [5.41, 5.74) is 12.1. The van der Waals surface area contributed by atoms with E-state index in [1.165, 1.54) is 42.4 Å². The summed E-state index contributed by atoms with van der Waals surface area (Å²) in [5, 5.41) is 4.79. The van der Waals surface area contributed by atoms with Crippen molar-refractivity contribution in [2.75, 3.05) is 4.90 Å². The van der Waals surface area contributed by atoms with Crippen LogP contribution in [0.15, 0.2) is 192 Å². The van der Waals surface area contributed by atoms with Crippen LogP contribution in [0.4, 0.5) is 17.1 Å². The Morgan fingerprint density at radius 1 is 0.353 bits per heavy atom. The van der Waals surface area contributed by atoms with Gasteiger partial charge in [-0.2, -0.15) is 0 Å². The van der Waals surface area contributed by atoms with E-state index in [0.29, 0.717) is 0 Å². The van der Waals surface area contributed by atoms with Crippen LogP contribution < -0.4 is 4.90 Å². The maximum Gasteiger partial charge on any atom is 0.137 e. The summed E-state index contributed by atoms with van der Waals surface area (Å²) in [4.78, 5) is 2.40. The van der Waals surface area contributed by atoms with Crippen LogP contribution in [-0.2, 0) is 0 Å². The minimum absolute atomic E-state index is 0.871. The maximum atomic E-state index is 6.45. The first-order valence-corrected chi connectivity index (χ1v) is 18.1. The zero-order chi connectivity index (χ0) is 33.7. The van der Waals surface area contributed by atoms with Crippen molar-refractivity contribution in [2.24, 2.45) is 0 Å². The molecule has 0 spiro atoms. The highest BCUT2D eigenvalue weighted by atomic mass is 32.1. The van der Waals surface area contributed by atoms with Gasteiger partial charge in [0.05, 0.1) is 5.69 Å². The highest BCUT2D eigenvalue weighted by molar-refractivity contribution is 7.25. The van der Waals surface area contributed by atoms with Crippen molar-refractivity contribution in [3.8, 4) is 33.4 Å². The Morgan fingerprint density at radius 2 is 0.941 bits per heavy atom. The molecule has 10 aromatic rings. The van der Waals surface area contributed by atoms with E-state index in [2.05, 4.69) is 181 Å². The molecular formula is C48H31NOS. The molecule has 0 amide bonds. The summed E-state index contributed by atoms with van der Waals surface area (Å²) in [5.74, 6) is 0. The van der Waals surface area contributed by atoms with Crippen LogP contribution in [0.3, 0.4) is 0 Å². The Labute approximate surface area is 300 Å². The van der Waals surface area contributed by atoms with Gasteiger partial charge < -0.3 is 9.32 Å². The lowest BCUT2D eigenvalue weighted by atomic mass is 9.91. The number of nitrogens with zero attached hydrogens (tertiary/aromatic N) is 1. The van der Waals surface area contributed by atoms with Crippen molar-refractivity contribution in [1.82, 2.24) is 0 Å². The quantitative estimate of drug-likeness (QED) is 0.175. The predicted octanol–water partition coefficient (Wildman–Crippen LogP) is 14.4. The van der Waals surface area contributed by atoms with Gasteiger partial charge in [-0.15, -0.1) is 11.3 Å². The van der Waals surface area contributed by atoms with Gasteiger partial charge >= 0.3 is 0 Å². The molecule has 3 heteroatoms. The Balaban J connectivity index is 1.23. The second-order valence-electron chi connectivity index (χ2n) is 12.9. The zero-order valence-corrected chi connectivity index (χ0v) is 28.5. The smallest absolute Gasteiger partial charge is 0.137 e. The highest BCUT2D eigenvalue weighted by Gasteiger charge is 2.21. The van der Waals surface area contributed by atoms with Crippen molar-refractivity contribution in [3.05, 3.63) is 188 Å². The molecule has 0 radical (unpaired) electrons. The van der Waals surface area contributed by atoms with E-state index in [1.807, 2.05) is 23.5 Å². The van der Waals surface area contributed by atoms with Gasteiger partial charge in [-0.05, 0) is 82.4 Å². The number of para-hydroxylation sites is 1. The molecule has 0 atom stereocenters. The molecule has 8 aromatic carbocycles. The number of furan rings is 1. The minimum Gasteiger partial charge on any atom is -0.456 e. The summed E-state index contributed by atoms with van der Waals surface area (Å²) < 4.78 is 9.03. The van der Waals surface area contributed by atoms with Gasteiger partial charge in [0.15, 0.2) is 0 Å². The van der Waals surface area contributed by atoms with E-state index >= 15 is 0 Å². The van der Waals surface area contributed by atoms with Crippen molar-refractivity contribution in [3.63, 3.8) is 0 Å². The lowest BCUT2D eigenvalue weighted by Gasteiger charge is -2.28. The monoisotopic (exact) mass is 669 g/mol. The van der Waals surface area contributed by atoms with Crippen molar-refractivity contribution in [1.29, 1.82) is 0 Å².